The third-order valence-electron chi connectivity index (χ3n) is 3.85. The quantitative estimate of drug-likeness (QED) is 0.849. The minimum absolute atomic E-state index is 0.357. The van der Waals surface area contributed by atoms with E-state index in [1.165, 1.54) is 17.1 Å². The van der Waals surface area contributed by atoms with E-state index in [2.05, 4.69) is 35.5 Å². The van der Waals surface area contributed by atoms with Crippen LogP contribution in [0.1, 0.15) is 26.2 Å². The van der Waals surface area contributed by atoms with E-state index in [-0.39, 0.29) is 0 Å². The van der Waals surface area contributed by atoms with Crippen molar-refractivity contribution < 1.29 is 4.74 Å². The Hall–Kier alpha value is 0.1000. The summed E-state index contributed by atoms with van der Waals surface area (Å²) in [5.41, 5.74) is 1.62. The Morgan fingerprint density at radius 3 is 3.35 bits per heavy atom. The average Bonchev–Trinajstić information content (AvgIpc) is 2.50. The van der Waals surface area contributed by atoms with Crippen LogP contribution in [0, 0.1) is 0 Å². The SMILES string of the molecule is COC(C)CC12CC3=C(SC=CC(C1)NC3)S2. The maximum absolute atomic E-state index is 5.48. The lowest BCUT2D eigenvalue weighted by Gasteiger charge is -2.33. The van der Waals surface area contributed by atoms with Crippen LogP contribution < -0.4 is 5.32 Å². The topological polar surface area (TPSA) is 21.3 Å². The van der Waals surface area contributed by atoms with Crippen molar-refractivity contribution in [3.63, 3.8) is 0 Å². The predicted octanol–water partition coefficient (Wildman–Crippen LogP) is 3.12. The van der Waals surface area contributed by atoms with Crippen LogP contribution in [0.15, 0.2) is 21.3 Å². The maximum Gasteiger partial charge on any atom is 0.0556 e. The van der Waals surface area contributed by atoms with Gasteiger partial charge in [0.05, 0.1) is 6.10 Å². The zero-order valence-electron chi connectivity index (χ0n) is 10.4. The third-order valence-corrected chi connectivity index (χ3v) is 6.57. The van der Waals surface area contributed by atoms with Gasteiger partial charge < -0.3 is 10.1 Å². The Bertz CT molecular complexity index is 380. The number of hydrogen-bond donors (Lipinski definition) is 1. The number of hydrogen-bond acceptors (Lipinski definition) is 4. The lowest BCUT2D eigenvalue weighted by molar-refractivity contribution is 0.0993. The molecule has 1 N–H and O–H groups in total. The van der Waals surface area contributed by atoms with Crippen molar-refractivity contribution in [2.45, 2.75) is 43.1 Å². The van der Waals surface area contributed by atoms with Crippen molar-refractivity contribution in [3.8, 4) is 0 Å². The van der Waals surface area contributed by atoms with E-state index in [0.29, 0.717) is 16.9 Å². The minimum atomic E-state index is 0.357. The molecule has 1 saturated heterocycles. The van der Waals surface area contributed by atoms with Gasteiger partial charge in [0.1, 0.15) is 0 Å². The summed E-state index contributed by atoms with van der Waals surface area (Å²) < 4.78 is 7.40. The van der Waals surface area contributed by atoms with E-state index < -0.39 is 0 Å². The van der Waals surface area contributed by atoms with Gasteiger partial charge in [-0.1, -0.05) is 17.8 Å². The van der Waals surface area contributed by atoms with Gasteiger partial charge in [-0.05, 0) is 37.2 Å². The number of fused-ring (bicyclic) bond motifs is 2. The van der Waals surface area contributed by atoms with Crippen molar-refractivity contribution in [3.05, 3.63) is 21.3 Å². The lowest BCUT2D eigenvalue weighted by atomic mass is 9.89. The van der Waals surface area contributed by atoms with Crippen LogP contribution >= 0.6 is 23.5 Å². The molecule has 4 bridgehead atoms. The normalized spacial score (nSPS) is 37.2. The van der Waals surface area contributed by atoms with Gasteiger partial charge in [0.25, 0.3) is 0 Å². The van der Waals surface area contributed by atoms with Crippen LogP contribution in [-0.4, -0.2) is 30.5 Å². The highest BCUT2D eigenvalue weighted by Crippen LogP contribution is 2.57. The highest BCUT2D eigenvalue weighted by molar-refractivity contribution is 8.24. The van der Waals surface area contributed by atoms with Gasteiger partial charge in [0, 0.05) is 28.7 Å². The summed E-state index contributed by atoms with van der Waals surface area (Å²) in [6.45, 7) is 3.27. The van der Waals surface area contributed by atoms with Crippen LogP contribution in [0.3, 0.4) is 0 Å². The third kappa shape index (κ3) is 2.33. The maximum atomic E-state index is 5.48. The highest BCUT2D eigenvalue weighted by atomic mass is 32.2. The van der Waals surface area contributed by atoms with Crippen LogP contribution in [0.25, 0.3) is 0 Å². The molecular weight excluding hydrogens is 250 g/mol. The number of nitrogens with one attached hydrogen (secondary N) is 1. The minimum Gasteiger partial charge on any atom is -0.382 e. The van der Waals surface area contributed by atoms with Crippen molar-refractivity contribution in [2.75, 3.05) is 13.7 Å². The van der Waals surface area contributed by atoms with Crippen LogP contribution in [-0.2, 0) is 4.74 Å². The van der Waals surface area contributed by atoms with Gasteiger partial charge in [-0.3, -0.25) is 0 Å². The highest BCUT2D eigenvalue weighted by Gasteiger charge is 2.44. The monoisotopic (exact) mass is 269 g/mol. The zero-order chi connectivity index (χ0) is 11.9. The van der Waals surface area contributed by atoms with Crippen molar-refractivity contribution in [1.29, 1.82) is 0 Å². The molecule has 94 valence electrons. The molecule has 4 heteroatoms. The summed E-state index contributed by atoms with van der Waals surface area (Å²) in [5, 5.41) is 5.91. The summed E-state index contributed by atoms with van der Waals surface area (Å²) in [6, 6.07) is 0.540. The number of ether oxygens (including phenoxy) is 1. The molecule has 3 atom stereocenters. The fourth-order valence-electron chi connectivity index (χ4n) is 2.99. The van der Waals surface area contributed by atoms with Gasteiger partial charge in [-0.15, -0.1) is 11.8 Å². The smallest absolute Gasteiger partial charge is 0.0556 e. The molecule has 4 aliphatic heterocycles. The van der Waals surface area contributed by atoms with Gasteiger partial charge in [0.15, 0.2) is 0 Å². The average molecular weight is 269 g/mol. The Balaban J connectivity index is 1.87. The van der Waals surface area contributed by atoms with E-state index in [4.69, 9.17) is 4.74 Å². The number of thioether (sulfide) groups is 2. The van der Waals surface area contributed by atoms with E-state index in [1.807, 2.05) is 18.9 Å². The number of rotatable bonds is 3. The van der Waals surface area contributed by atoms with E-state index in [9.17, 15) is 0 Å². The number of methoxy groups -OCH3 is 1. The van der Waals surface area contributed by atoms with E-state index in [1.54, 1.807) is 5.57 Å². The molecule has 4 heterocycles. The van der Waals surface area contributed by atoms with Gasteiger partial charge in [-0.2, -0.15) is 0 Å². The van der Waals surface area contributed by atoms with Crippen LogP contribution in [0.4, 0.5) is 0 Å². The first-order valence-electron chi connectivity index (χ1n) is 6.21. The second-order valence-electron chi connectivity index (χ2n) is 5.24. The molecule has 0 aliphatic carbocycles. The molecule has 3 unspecified atom stereocenters. The van der Waals surface area contributed by atoms with Gasteiger partial charge in [-0.25, -0.2) is 0 Å². The van der Waals surface area contributed by atoms with Gasteiger partial charge >= 0.3 is 0 Å². The molecule has 0 aromatic heterocycles. The lowest BCUT2D eigenvalue weighted by Crippen LogP contribution is -2.36. The van der Waals surface area contributed by atoms with Crippen LogP contribution in [0.5, 0.6) is 0 Å². The Kier molecular flexibility index (Phi) is 3.32. The van der Waals surface area contributed by atoms with E-state index >= 15 is 0 Å². The molecule has 1 fully saturated rings. The standard InChI is InChI=1S/C13H19NOS2/c1-9(15-2)5-13-6-10-8-14-11(7-13)3-4-16-12(10)17-13/h3-4,9,11,14H,5-8H2,1-2H3. The zero-order valence-corrected chi connectivity index (χ0v) is 12.0. The van der Waals surface area contributed by atoms with Crippen molar-refractivity contribution >= 4 is 23.5 Å². The molecule has 0 aromatic rings. The fraction of sp³-hybridized carbons (Fsp3) is 0.692. The summed E-state index contributed by atoms with van der Waals surface area (Å²) in [4.78, 5) is 0. The van der Waals surface area contributed by atoms with Crippen molar-refractivity contribution in [2.24, 2.45) is 0 Å². The Morgan fingerprint density at radius 2 is 2.53 bits per heavy atom. The molecule has 4 rings (SSSR count). The molecule has 0 amide bonds. The fourth-order valence-corrected chi connectivity index (χ4v) is 6.09. The Morgan fingerprint density at radius 1 is 1.65 bits per heavy atom. The second kappa shape index (κ2) is 4.65. The largest absolute Gasteiger partial charge is 0.382 e. The predicted molar refractivity (Wildman–Crippen MR) is 76.2 cm³/mol. The molecule has 2 nitrogen and oxygen atoms in total. The second-order valence-corrected chi connectivity index (χ2v) is 7.89. The molecular formula is C13H19NOS2. The molecule has 4 aliphatic rings. The summed E-state index contributed by atoms with van der Waals surface area (Å²) in [7, 11) is 1.82. The Labute approximate surface area is 112 Å². The summed E-state index contributed by atoms with van der Waals surface area (Å²) >= 11 is 4.03. The van der Waals surface area contributed by atoms with E-state index in [0.717, 1.165) is 13.0 Å². The summed E-state index contributed by atoms with van der Waals surface area (Å²) in [6.07, 6.45) is 6.33. The first-order valence-corrected chi connectivity index (χ1v) is 7.91. The molecule has 0 aromatic carbocycles. The molecule has 0 spiro atoms. The first-order chi connectivity index (χ1) is 8.21. The molecule has 0 radical (unpaired) electrons. The van der Waals surface area contributed by atoms with Gasteiger partial charge in [0.2, 0.25) is 0 Å². The van der Waals surface area contributed by atoms with Crippen molar-refractivity contribution in [1.82, 2.24) is 5.32 Å². The first kappa shape index (κ1) is 12.2. The van der Waals surface area contributed by atoms with Crippen LogP contribution in [0.2, 0.25) is 0 Å². The summed E-state index contributed by atoms with van der Waals surface area (Å²) in [5.74, 6) is 0. The molecule has 0 saturated carbocycles. The molecule has 17 heavy (non-hydrogen) atoms.